The van der Waals surface area contributed by atoms with E-state index < -0.39 is 6.03 Å². The topological polar surface area (TPSA) is 78.1 Å². The van der Waals surface area contributed by atoms with Crippen LogP contribution in [0.4, 0.5) is 14.9 Å². The minimum Gasteiger partial charge on any atom is -0.454 e. The molecule has 0 saturated heterocycles. The summed E-state index contributed by atoms with van der Waals surface area (Å²) in [5.41, 5.74) is 2.89. The Morgan fingerprint density at radius 2 is 1.42 bits per heavy atom. The molecule has 170 valence electrons. The van der Waals surface area contributed by atoms with E-state index in [0.717, 1.165) is 11.1 Å². The van der Waals surface area contributed by atoms with Gasteiger partial charge in [0.1, 0.15) is 5.82 Å². The Morgan fingerprint density at radius 3 is 2.00 bits per heavy atom. The van der Waals surface area contributed by atoms with Gasteiger partial charge in [-0.3, -0.25) is 0 Å². The Morgan fingerprint density at radius 1 is 0.848 bits per heavy atom. The van der Waals surface area contributed by atoms with Crippen LogP contribution in [0.5, 0.6) is 23.0 Å². The smallest absolute Gasteiger partial charge is 0.319 e. The molecule has 0 atom stereocenters. The molecule has 2 aliphatic rings. The minimum atomic E-state index is -0.412. The van der Waals surface area contributed by atoms with Gasteiger partial charge >= 0.3 is 6.03 Å². The van der Waals surface area contributed by atoms with E-state index in [1.807, 2.05) is 36.4 Å². The summed E-state index contributed by atoms with van der Waals surface area (Å²) in [7, 11) is 0. The van der Waals surface area contributed by atoms with E-state index in [-0.39, 0.29) is 25.4 Å². The summed E-state index contributed by atoms with van der Waals surface area (Å²) in [5.74, 6) is 2.42. The fourth-order valence-electron chi connectivity index (χ4n) is 3.90. The van der Waals surface area contributed by atoms with E-state index in [1.165, 1.54) is 6.07 Å². The van der Waals surface area contributed by atoms with Crippen LogP contribution in [0, 0.1) is 12.7 Å². The third kappa shape index (κ3) is 4.79. The van der Waals surface area contributed by atoms with Crippen LogP contribution in [-0.2, 0) is 12.8 Å². The number of hydrogen-bond donors (Lipinski definition) is 2. The molecule has 3 aromatic rings. The van der Waals surface area contributed by atoms with Crippen LogP contribution < -0.4 is 29.6 Å². The Labute approximate surface area is 190 Å². The van der Waals surface area contributed by atoms with Gasteiger partial charge in [-0.05, 0) is 72.9 Å². The molecule has 0 radical (unpaired) electrons. The molecule has 0 fully saturated rings. The van der Waals surface area contributed by atoms with Crippen molar-refractivity contribution in [3.05, 3.63) is 77.1 Å². The number of anilines is 1. The van der Waals surface area contributed by atoms with Gasteiger partial charge in [0.05, 0.1) is 0 Å². The lowest BCUT2D eigenvalue weighted by Gasteiger charge is -2.20. The zero-order valence-electron chi connectivity index (χ0n) is 18.0. The zero-order chi connectivity index (χ0) is 22.8. The molecule has 33 heavy (non-hydrogen) atoms. The minimum absolute atomic E-state index is 0.202. The molecule has 0 saturated carbocycles. The number of amides is 2. The van der Waals surface area contributed by atoms with Crippen LogP contribution in [0.2, 0.25) is 0 Å². The third-order valence-electron chi connectivity index (χ3n) is 5.60. The highest BCUT2D eigenvalue weighted by atomic mass is 19.1. The van der Waals surface area contributed by atoms with Crippen LogP contribution in [0.15, 0.2) is 54.6 Å². The number of aryl methyl sites for hydroxylation is 1. The largest absolute Gasteiger partial charge is 0.454 e. The molecule has 2 amide bonds. The van der Waals surface area contributed by atoms with Crippen LogP contribution in [-0.4, -0.2) is 25.7 Å². The monoisotopic (exact) mass is 450 g/mol. The summed E-state index contributed by atoms with van der Waals surface area (Å²) < 4.78 is 35.6. The number of halogens is 1. The summed E-state index contributed by atoms with van der Waals surface area (Å²) in [5, 5.41) is 5.73. The zero-order valence-corrected chi connectivity index (χ0v) is 18.0. The Balaban J connectivity index is 1.33. The first-order chi connectivity index (χ1) is 16.0. The second kappa shape index (κ2) is 8.90. The van der Waals surface area contributed by atoms with Crippen LogP contribution >= 0.6 is 0 Å². The second-order valence-electron chi connectivity index (χ2n) is 8.04. The van der Waals surface area contributed by atoms with Crippen molar-refractivity contribution >= 4 is 11.7 Å². The molecule has 2 aliphatic heterocycles. The van der Waals surface area contributed by atoms with E-state index in [0.29, 0.717) is 47.1 Å². The first kappa shape index (κ1) is 20.9. The number of urea groups is 1. The predicted octanol–water partition coefficient (Wildman–Crippen LogP) is 4.57. The number of fused-ring (bicyclic) bond motifs is 2. The van der Waals surface area contributed by atoms with Crippen molar-refractivity contribution in [3.8, 4) is 23.0 Å². The number of carbonyl (C=O) groups is 1. The predicted molar refractivity (Wildman–Crippen MR) is 120 cm³/mol. The summed E-state index contributed by atoms with van der Waals surface area (Å²) in [4.78, 5) is 12.7. The lowest BCUT2D eigenvalue weighted by atomic mass is 9.98. The number of rotatable bonds is 6. The molecule has 0 aliphatic carbocycles. The highest BCUT2D eigenvalue weighted by Crippen LogP contribution is 2.34. The quantitative estimate of drug-likeness (QED) is 0.576. The van der Waals surface area contributed by atoms with E-state index in [2.05, 4.69) is 10.6 Å². The van der Waals surface area contributed by atoms with Gasteiger partial charge in [-0.15, -0.1) is 0 Å². The van der Waals surface area contributed by atoms with Crippen molar-refractivity contribution in [2.45, 2.75) is 25.8 Å². The van der Waals surface area contributed by atoms with Crippen molar-refractivity contribution < 1.29 is 28.1 Å². The molecular weight excluding hydrogens is 427 g/mol. The molecule has 0 spiro atoms. The van der Waals surface area contributed by atoms with E-state index >= 15 is 0 Å². The maximum Gasteiger partial charge on any atom is 0.319 e. The van der Waals surface area contributed by atoms with Crippen LogP contribution in [0.1, 0.15) is 16.7 Å². The molecule has 5 rings (SSSR count). The van der Waals surface area contributed by atoms with Gasteiger partial charge in [-0.2, -0.15) is 0 Å². The van der Waals surface area contributed by atoms with Gasteiger partial charge < -0.3 is 29.6 Å². The number of benzene rings is 3. The molecule has 8 heteroatoms. The molecule has 7 nitrogen and oxygen atoms in total. The fraction of sp³-hybridized carbons (Fsp3) is 0.240. The van der Waals surface area contributed by atoms with Crippen molar-refractivity contribution in [1.29, 1.82) is 0 Å². The van der Waals surface area contributed by atoms with Crippen LogP contribution in [0.25, 0.3) is 0 Å². The van der Waals surface area contributed by atoms with Gasteiger partial charge in [0.2, 0.25) is 13.6 Å². The van der Waals surface area contributed by atoms with Crippen molar-refractivity contribution in [2.75, 3.05) is 18.9 Å². The molecule has 0 aromatic heterocycles. The highest BCUT2D eigenvalue weighted by Gasteiger charge is 2.20. The number of ether oxygens (including phenoxy) is 4. The highest BCUT2D eigenvalue weighted by molar-refractivity contribution is 5.89. The van der Waals surface area contributed by atoms with Gasteiger partial charge in [-0.1, -0.05) is 18.2 Å². The van der Waals surface area contributed by atoms with Crippen molar-refractivity contribution in [1.82, 2.24) is 5.32 Å². The molecular formula is C25H23FN2O5. The van der Waals surface area contributed by atoms with Crippen LogP contribution in [0.3, 0.4) is 0 Å². The number of carbonyl (C=O) groups excluding carboxylic acids is 1. The van der Waals surface area contributed by atoms with E-state index in [9.17, 15) is 9.18 Å². The third-order valence-corrected chi connectivity index (χ3v) is 5.60. The molecule has 0 unspecified atom stereocenters. The van der Waals surface area contributed by atoms with Crippen molar-refractivity contribution in [3.63, 3.8) is 0 Å². The molecule has 2 heterocycles. The van der Waals surface area contributed by atoms with Crippen molar-refractivity contribution in [2.24, 2.45) is 0 Å². The lowest BCUT2D eigenvalue weighted by Crippen LogP contribution is -2.40. The van der Waals surface area contributed by atoms with Gasteiger partial charge in [0, 0.05) is 11.7 Å². The van der Waals surface area contributed by atoms with Gasteiger partial charge in [-0.25, -0.2) is 9.18 Å². The summed E-state index contributed by atoms with van der Waals surface area (Å²) in [6, 6.07) is 15.4. The average Bonchev–Trinajstić information content (AvgIpc) is 3.44. The number of nitrogens with one attached hydrogen (secondary N) is 2. The molecule has 0 bridgehead atoms. The summed E-state index contributed by atoms with van der Waals surface area (Å²) >= 11 is 0. The maximum atomic E-state index is 13.9. The maximum absolute atomic E-state index is 13.9. The molecule has 2 N–H and O–H groups in total. The first-order valence-electron chi connectivity index (χ1n) is 10.6. The second-order valence-corrected chi connectivity index (χ2v) is 8.04. The standard InChI is InChI=1S/C25H23FN2O5/c1-15-2-5-18(12-20(15)26)27-25(29)28-19(8-16-3-6-21-23(10-16)32-13-30-21)9-17-4-7-22-24(11-17)33-14-31-22/h2-7,10-12,19H,8-9,13-14H2,1H3,(H2,27,28,29). The lowest BCUT2D eigenvalue weighted by molar-refractivity contribution is 0.173. The average molecular weight is 450 g/mol. The van der Waals surface area contributed by atoms with Gasteiger partial charge in [0.25, 0.3) is 0 Å². The Bertz CT molecular complexity index is 1140. The van der Waals surface area contributed by atoms with E-state index in [4.69, 9.17) is 18.9 Å². The fourth-order valence-corrected chi connectivity index (χ4v) is 3.90. The summed E-state index contributed by atoms with van der Waals surface area (Å²) in [6.45, 7) is 2.08. The van der Waals surface area contributed by atoms with E-state index in [1.54, 1.807) is 19.1 Å². The Hall–Kier alpha value is -3.94. The first-order valence-corrected chi connectivity index (χ1v) is 10.6. The van der Waals surface area contributed by atoms with Gasteiger partial charge in [0.15, 0.2) is 23.0 Å². The number of hydrogen-bond acceptors (Lipinski definition) is 5. The normalized spacial score (nSPS) is 13.3. The SMILES string of the molecule is Cc1ccc(NC(=O)NC(Cc2ccc3c(c2)OCO3)Cc2ccc3c(c2)OCO3)cc1F. The Kier molecular flexibility index (Phi) is 5.64. The molecule has 3 aromatic carbocycles. The summed E-state index contributed by atoms with van der Waals surface area (Å²) in [6.07, 6.45) is 1.11.